The Bertz CT molecular complexity index is 930. The molecule has 1 aromatic heterocycles. The second-order valence-electron chi connectivity index (χ2n) is 7.95. The van der Waals surface area contributed by atoms with Crippen molar-refractivity contribution in [3.63, 3.8) is 0 Å². The van der Waals surface area contributed by atoms with Crippen LogP contribution in [0.15, 0.2) is 48.7 Å². The molecule has 2 amide bonds. The van der Waals surface area contributed by atoms with Gasteiger partial charge in [0.15, 0.2) is 0 Å². The van der Waals surface area contributed by atoms with Crippen LogP contribution in [0, 0.1) is 17.2 Å². The smallest absolute Gasteiger partial charge is 0.227 e. The van der Waals surface area contributed by atoms with Crippen molar-refractivity contribution >= 4 is 17.6 Å². The minimum Gasteiger partial charge on any atom is -0.367 e. The molecule has 0 spiro atoms. The molecule has 30 heavy (non-hydrogen) atoms. The number of hydrogen-bond acceptors (Lipinski definition) is 5. The highest BCUT2D eigenvalue weighted by Gasteiger charge is 2.37. The maximum atomic E-state index is 13.0. The summed E-state index contributed by atoms with van der Waals surface area (Å²) in [5, 5.41) is 12.2. The highest BCUT2D eigenvalue weighted by atomic mass is 16.2. The van der Waals surface area contributed by atoms with E-state index in [1.807, 2.05) is 41.3 Å². The number of benzene rings is 1. The molecule has 2 fully saturated rings. The molecule has 7 nitrogen and oxygen atoms in total. The van der Waals surface area contributed by atoms with E-state index in [4.69, 9.17) is 5.26 Å². The van der Waals surface area contributed by atoms with Crippen LogP contribution in [0.4, 0.5) is 5.82 Å². The van der Waals surface area contributed by atoms with Crippen LogP contribution < -0.4 is 5.32 Å². The van der Waals surface area contributed by atoms with E-state index in [0.717, 1.165) is 24.2 Å². The predicted octanol–water partition coefficient (Wildman–Crippen LogP) is 2.40. The van der Waals surface area contributed by atoms with E-state index < -0.39 is 0 Å². The quantitative estimate of drug-likeness (QED) is 0.828. The van der Waals surface area contributed by atoms with Crippen molar-refractivity contribution in [2.75, 3.05) is 25.0 Å². The van der Waals surface area contributed by atoms with Gasteiger partial charge in [0.2, 0.25) is 11.8 Å². The number of likely N-dealkylation sites (tertiary alicyclic amines) is 2. The highest BCUT2D eigenvalue weighted by Crippen LogP contribution is 2.24. The van der Waals surface area contributed by atoms with Crippen LogP contribution in [0.3, 0.4) is 0 Å². The number of nitriles is 1. The molecular weight excluding hydrogens is 378 g/mol. The van der Waals surface area contributed by atoms with Crippen LogP contribution in [0.1, 0.15) is 30.4 Å². The fourth-order valence-electron chi connectivity index (χ4n) is 4.15. The lowest BCUT2D eigenvalue weighted by Crippen LogP contribution is -2.45. The molecule has 2 aliphatic heterocycles. The largest absolute Gasteiger partial charge is 0.367 e. The molecule has 1 aromatic carbocycles. The van der Waals surface area contributed by atoms with E-state index in [0.29, 0.717) is 38.2 Å². The first-order valence-corrected chi connectivity index (χ1v) is 10.4. The summed E-state index contributed by atoms with van der Waals surface area (Å²) >= 11 is 0. The van der Waals surface area contributed by atoms with Crippen molar-refractivity contribution in [1.82, 2.24) is 14.8 Å². The van der Waals surface area contributed by atoms with Gasteiger partial charge in [-0.25, -0.2) is 4.98 Å². The van der Waals surface area contributed by atoms with Gasteiger partial charge in [-0.3, -0.25) is 9.59 Å². The Kier molecular flexibility index (Phi) is 5.94. The van der Waals surface area contributed by atoms with Gasteiger partial charge in [0, 0.05) is 44.8 Å². The maximum absolute atomic E-state index is 13.0. The van der Waals surface area contributed by atoms with E-state index in [-0.39, 0.29) is 23.8 Å². The number of pyridine rings is 1. The molecule has 2 aliphatic rings. The van der Waals surface area contributed by atoms with Gasteiger partial charge in [0.25, 0.3) is 0 Å². The minimum absolute atomic E-state index is 0.0562. The summed E-state index contributed by atoms with van der Waals surface area (Å²) in [5.41, 5.74) is 1.62. The number of rotatable bonds is 5. The molecule has 4 rings (SSSR count). The van der Waals surface area contributed by atoms with Gasteiger partial charge in [0.05, 0.1) is 11.5 Å². The van der Waals surface area contributed by atoms with Crippen LogP contribution in [0.5, 0.6) is 0 Å². The third-order valence-electron chi connectivity index (χ3n) is 5.83. The monoisotopic (exact) mass is 403 g/mol. The van der Waals surface area contributed by atoms with Crippen molar-refractivity contribution in [3.8, 4) is 6.07 Å². The number of aromatic nitrogens is 1. The molecule has 1 atom stereocenters. The van der Waals surface area contributed by atoms with Gasteiger partial charge >= 0.3 is 0 Å². The molecular formula is C23H25N5O2. The van der Waals surface area contributed by atoms with E-state index in [2.05, 4.69) is 16.4 Å². The van der Waals surface area contributed by atoms with Gasteiger partial charge in [0.1, 0.15) is 11.9 Å². The minimum atomic E-state index is -0.245. The predicted molar refractivity (Wildman–Crippen MR) is 112 cm³/mol. The van der Waals surface area contributed by atoms with E-state index in [9.17, 15) is 9.59 Å². The second-order valence-corrected chi connectivity index (χ2v) is 7.95. The molecule has 0 unspecified atom stereocenters. The molecule has 1 N–H and O–H groups in total. The Morgan fingerprint density at radius 2 is 1.93 bits per heavy atom. The number of hydrogen-bond donors (Lipinski definition) is 1. The van der Waals surface area contributed by atoms with Gasteiger partial charge in [-0.2, -0.15) is 5.26 Å². The fourth-order valence-corrected chi connectivity index (χ4v) is 4.15. The Morgan fingerprint density at radius 3 is 2.60 bits per heavy atom. The lowest BCUT2D eigenvalue weighted by atomic mass is 10.0. The zero-order valence-corrected chi connectivity index (χ0v) is 16.8. The Labute approximate surface area is 176 Å². The maximum Gasteiger partial charge on any atom is 0.227 e. The molecule has 0 radical (unpaired) electrons. The zero-order chi connectivity index (χ0) is 20.9. The van der Waals surface area contributed by atoms with Crippen LogP contribution >= 0.6 is 0 Å². The summed E-state index contributed by atoms with van der Waals surface area (Å²) in [4.78, 5) is 33.3. The summed E-state index contributed by atoms with van der Waals surface area (Å²) in [6.07, 6.45) is 3.53. The fraction of sp³-hybridized carbons (Fsp3) is 0.391. The number of nitrogens with zero attached hydrogens (tertiary/aromatic N) is 4. The molecule has 2 aromatic rings. The lowest BCUT2D eigenvalue weighted by molar-refractivity contribution is -0.136. The number of nitrogens with one attached hydrogen (secondary N) is 1. The first kappa shape index (κ1) is 19.9. The van der Waals surface area contributed by atoms with Crippen molar-refractivity contribution in [2.24, 2.45) is 5.92 Å². The topological polar surface area (TPSA) is 89.3 Å². The van der Waals surface area contributed by atoms with Crippen LogP contribution in [0.2, 0.25) is 0 Å². The SMILES string of the molecule is N#Cc1ccc(NC2CCN(C(=O)[C@@H]3CC(=O)N(Cc4ccccc4)C3)CC2)nc1. The zero-order valence-electron chi connectivity index (χ0n) is 16.8. The number of anilines is 1. The summed E-state index contributed by atoms with van der Waals surface area (Å²) in [6.45, 7) is 2.42. The van der Waals surface area contributed by atoms with Gasteiger partial charge in [-0.1, -0.05) is 30.3 Å². The Morgan fingerprint density at radius 1 is 1.17 bits per heavy atom. The molecule has 0 aliphatic carbocycles. The van der Waals surface area contributed by atoms with Gasteiger partial charge in [-0.15, -0.1) is 0 Å². The number of carbonyl (C=O) groups is 2. The standard InChI is InChI=1S/C23H25N5O2/c24-13-18-6-7-21(25-14-18)26-20-8-10-27(11-9-20)23(30)19-12-22(29)28(16-19)15-17-4-2-1-3-5-17/h1-7,14,19-20H,8-12,15-16H2,(H,25,26)/t19-/m1/s1. The van der Waals surface area contributed by atoms with E-state index >= 15 is 0 Å². The molecule has 154 valence electrons. The number of carbonyl (C=O) groups excluding carboxylic acids is 2. The summed E-state index contributed by atoms with van der Waals surface area (Å²) < 4.78 is 0. The first-order valence-electron chi connectivity index (χ1n) is 10.4. The average Bonchev–Trinajstić information content (AvgIpc) is 3.15. The Hall–Kier alpha value is -3.40. The molecule has 3 heterocycles. The van der Waals surface area contributed by atoms with Crippen molar-refractivity contribution in [1.29, 1.82) is 5.26 Å². The van der Waals surface area contributed by atoms with Crippen LogP contribution in [-0.4, -0.2) is 52.3 Å². The molecule has 0 saturated carbocycles. The number of piperidine rings is 1. The first-order chi connectivity index (χ1) is 14.6. The van der Waals surface area contributed by atoms with Crippen LogP contribution in [-0.2, 0) is 16.1 Å². The van der Waals surface area contributed by atoms with Crippen molar-refractivity contribution in [3.05, 3.63) is 59.8 Å². The average molecular weight is 403 g/mol. The van der Waals surface area contributed by atoms with E-state index in [1.165, 1.54) is 0 Å². The lowest BCUT2D eigenvalue weighted by Gasteiger charge is -2.34. The van der Waals surface area contributed by atoms with Gasteiger partial charge < -0.3 is 15.1 Å². The summed E-state index contributed by atoms with van der Waals surface area (Å²) in [7, 11) is 0. The van der Waals surface area contributed by atoms with Crippen molar-refractivity contribution in [2.45, 2.75) is 31.8 Å². The highest BCUT2D eigenvalue weighted by molar-refractivity contribution is 5.89. The van der Waals surface area contributed by atoms with Gasteiger partial charge in [-0.05, 0) is 30.5 Å². The molecule has 7 heteroatoms. The van der Waals surface area contributed by atoms with Crippen LogP contribution in [0.25, 0.3) is 0 Å². The third-order valence-corrected chi connectivity index (χ3v) is 5.83. The summed E-state index contributed by atoms with van der Waals surface area (Å²) in [6, 6.07) is 15.7. The third kappa shape index (κ3) is 4.60. The normalized spacial score (nSPS) is 19.6. The molecule has 2 saturated heterocycles. The summed E-state index contributed by atoms with van der Waals surface area (Å²) in [5.74, 6) is 0.650. The molecule has 0 bridgehead atoms. The van der Waals surface area contributed by atoms with Crippen molar-refractivity contribution < 1.29 is 9.59 Å². The van der Waals surface area contributed by atoms with E-state index in [1.54, 1.807) is 17.2 Å². The Balaban J connectivity index is 1.27. The second kappa shape index (κ2) is 8.95. The number of amides is 2.